The molecule has 0 radical (unpaired) electrons. The summed E-state index contributed by atoms with van der Waals surface area (Å²) >= 11 is 0. The number of aromatic nitrogens is 3. The molecule has 0 aliphatic carbocycles. The van der Waals surface area contributed by atoms with Crippen molar-refractivity contribution in [2.75, 3.05) is 49.1 Å². The van der Waals surface area contributed by atoms with E-state index in [1.807, 2.05) is 31.0 Å². The number of piperazine rings is 1. The summed E-state index contributed by atoms with van der Waals surface area (Å²) in [5.41, 5.74) is 3.27. The molecule has 1 amide bonds. The van der Waals surface area contributed by atoms with E-state index in [0.29, 0.717) is 6.42 Å². The van der Waals surface area contributed by atoms with E-state index in [9.17, 15) is 4.79 Å². The van der Waals surface area contributed by atoms with Crippen LogP contribution in [0.25, 0.3) is 10.9 Å². The van der Waals surface area contributed by atoms with E-state index >= 15 is 0 Å². The highest BCUT2D eigenvalue weighted by Crippen LogP contribution is 2.23. The van der Waals surface area contributed by atoms with Crippen LogP contribution in [0, 0.1) is 6.92 Å². The van der Waals surface area contributed by atoms with E-state index in [4.69, 9.17) is 4.98 Å². The molecular weight excluding hydrogens is 388 g/mol. The standard InChI is InChI=1S/C24H30N6O/c1-18-15-22(26-24(25-18)30-9-5-6-10-30)28-11-13-29(14-12-28)23(31)16-19-17-27(2)21-8-4-3-7-20(19)21/h3-4,7-8,15,17H,5-6,9-14,16H2,1-2H3. The van der Waals surface area contributed by atoms with Crippen LogP contribution < -0.4 is 9.80 Å². The molecule has 0 spiro atoms. The summed E-state index contributed by atoms with van der Waals surface area (Å²) in [7, 11) is 2.04. The minimum Gasteiger partial charge on any atom is -0.353 e. The molecule has 2 aliphatic rings. The zero-order chi connectivity index (χ0) is 21.4. The molecule has 3 aromatic rings. The maximum absolute atomic E-state index is 13.0. The zero-order valence-corrected chi connectivity index (χ0v) is 18.4. The van der Waals surface area contributed by atoms with Gasteiger partial charge in [-0.05, 0) is 31.4 Å². The van der Waals surface area contributed by atoms with E-state index in [1.165, 1.54) is 23.7 Å². The maximum atomic E-state index is 13.0. The summed E-state index contributed by atoms with van der Waals surface area (Å²) in [6.45, 7) is 7.18. The van der Waals surface area contributed by atoms with Gasteiger partial charge in [0, 0.05) is 75.2 Å². The minimum absolute atomic E-state index is 0.202. The number of benzene rings is 1. The molecule has 5 rings (SSSR count). The van der Waals surface area contributed by atoms with Crippen LogP contribution >= 0.6 is 0 Å². The molecule has 7 nitrogen and oxygen atoms in total. The summed E-state index contributed by atoms with van der Waals surface area (Å²) in [6.07, 6.45) is 4.96. The Morgan fingerprint density at radius 1 is 0.968 bits per heavy atom. The molecule has 31 heavy (non-hydrogen) atoms. The van der Waals surface area contributed by atoms with Crippen molar-refractivity contribution in [2.45, 2.75) is 26.2 Å². The van der Waals surface area contributed by atoms with Crippen LogP contribution in [0.15, 0.2) is 36.5 Å². The van der Waals surface area contributed by atoms with Crippen molar-refractivity contribution in [3.63, 3.8) is 0 Å². The second-order valence-electron chi connectivity index (χ2n) is 8.69. The second kappa shape index (κ2) is 8.21. The quantitative estimate of drug-likeness (QED) is 0.652. The average Bonchev–Trinajstić information content (AvgIpc) is 3.43. The van der Waals surface area contributed by atoms with Gasteiger partial charge in [-0.25, -0.2) is 4.98 Å². The van der Waals surface area contributed by atoms with Gasteiger partial charge in [0.1, 0.15) is 5.82 Å². The minimum atomic E-state index is 0.202. The zero-order valence-electron chi connectivity index (χ0n) is 18.4. The number of anilines is 2. The molecule has 2 aromatic heterocycles. The fraction of sp³-hybridized carbons (Fsp3) is 0.458. The van der Waals surface area contributed by atoms with Crippen molar-refractivity contribution in [3.05, 3.63) is 47.8 Å². The predicted octanol–water partition coefficient (Wildman–Crippen LogP) is 2.77. The summed E-state index contributed by atoms with van der Waals surface area (Å²) in [4.78, 5) is 29.1. The number of hydrogen-bond donors (Lipinski definition) is 0. The fourth-order valence-corrected chi connectivity index (χ4v) is 4.78. The smallest absolute Gasteiger partial charge is 0.227 e. The Balaban J connectivity index is 1.24. The maximum Gasteiger partial charge on any atom is 0.227 e. The van der Waals surface area contributed by atoms with Crippen LogP contribution in [0.3, 0.4) is 0 Å². The Hall–Kier alpha value is -3.09. The normalized spacial score (nSPS) is 17.0. The molecule has 4 heterocycles. The SMILES string of the molecule is Cc1cc(N2CCN(C(=O)Cc3cn(C)c4ccccc34)CC2)nc(N2CCCC2)n1. The first-order valence-corrected chi connectivity index (χ1v) is 11.2. The molecule has 1 aromatic carbocycles. The van der Waals surface area contributed by atoms with Gasteiger partial charge in [-0.15, -0.1) is 0 Å². The van der Waals surface area contributed by atoms with Crippen LogP contribution in [-0.4, -0.2) is 64.6 Å². The summed E-state index contributed by atoms with van der Waals surface area (Å²) in [5.74, 6) is 2.03. The summed E-state index contributed by atoms with van der Waals surface area (Å²) < 4.78 is 2.10. The first-order chi connectivity index (χ1) is 15.1. The average molecular weight is 419 g/mol. The van der Waals surface area contributed by atoms with Gasteiger partial charge in [0.15, 0.2) is 0 Å². The lowest BCUT2D eigenvalue weighted by molar-refractivity contribution is -0.130. The molecular formula is C24H30N6O. The van der Waals surface area contributed by atoms with Crippen molar-refractivity contribution in [3.8, 4) is 0 Å². The topological polar surface area (TPSA) is 57.5 Å². The third-order valence-corrected chi connectivity index (χ3v) is 6.50. The molecule has 0 unspecified atom stereocenters. The van der Waals surface area contributed by atoms with Crippen LogP contribution in [0.1, 0.15) is 24.1 Å². The number of rotatable bonds is 4. The predicted molar refractivity (Wildman–Crippen MR) is 124 cm³/mol. The second-order valence-corrected chi connectivity index (χ2v) is 8.69. The highest BCUT2D eigenvalue weighted by atomic mass is 16.2. The lowest BCUT2D eigenvalue weighted by Crippen LogP contribution is -2.49. The van der Waals surface area contributed by atoms with Gasteiger partial charge < -0.3 is 19.3 Å². The number of aryl methyl sites for hydroxylation is 2. The van der Waals surface area contributed by atoms with Crippen molar-refractivity contribution in [1.29, 1.82) is 0 Å². The Morgan fingerprint density at radius 2 is 1.71 bits per heavy atom. The van der Waals surface area contributed by atoms with Gasteiger partial charge in [0.2, 0.25) is 11.9 Å². The van der Waals surface area contributed by atoms with E-state index in [-0.39, 0.29) is 5.91 Å². The van der Waals surface area contributed by atoms with Gasteiger partial charge in [0.05, 0.1) is 6.42 Å². The van der Waals surface area contributed by atoms with Crippen molar-refractivity contribution >= 4 is 28.6 Å². The monoisotopic (exact) mass is 418 g/mol. The molecule has 7 heteroatoms. The molecule has 2 fully saturated rings. The lowest BCUT2D eigenvalue weighted by Gasteiger charge is -2.35. The number of hydrogen-bond acceptors (Lipinski definition) is 5. The highest BCUT2D eigenvalue weighted by Gasteiger charge is 2.24. The Bertz CT molecular complexity index is 1090. The van der Waals surface area contributed by atoms with Crippen molar-refractivity contribution in [2.24, 2.45) is 7.05 Å². The molecule has 0 bridgehead atoms. The van der Waals surface area contributed by atoms with Crippen LogP contribution in [0.5, 0.6) is 0 Å². The molecule has 162 valence electrons. The van der Waals surface area contributed by atoms with Gasteiger partial charge in [-0.3, -0.25) is 4.79 Å². The number of para-hydroxylation sites is 1. The van der Waals surface area contributed by atoms with Gasteiger partial charge in [-0.2, -0.15) is 4.98 Å². The van der Waals surface area contributed by atoms with Crippen molar-refractivity contribution in [1.82, 2.24) is 19.4 Å². The van der Waals surface area contributed by atoms with Crippen LogP contribution in [0.2, 0.25) is 0 Å². The third kappa shape index (κ3) is 3.96. The van der Waals surface area contributed by atoms with Gasteiger partial charge in [0.25, 0.3) is 0 Å². The van der Waals surface area contributed by atoms with E-state index < -0.39 is 0 Å². The Kier molecular flexibility index (Phi) is 5.26. The molecule has 2 aliphatic heterocycles. The number of fused-ring (bicyclic) bond motifs is 1. The van der Waals surface area contributed by atoms with Crippen molar-refractivity contribution < 1.29 is 4.79 Å². The lowest BCUT2D eigenvalue weighted by atomic mass is 10.1. The molecule has 0 saturated carbocycles. The molecule has 0 N–H and O–H groups in total. The van der Waals surface area contributed by atoms with E-state index in [0.717, 1.165) is 62.3 Å². The Labute approximate surface area is 183 Å². The number of amides is 1. The van der Waals surface area contributed by atoms with E-state index in [2.05, 4.69) is 43.7 Å². The highest BCUT2D eigenvalue weighted by molar-refractivity contribution is 5.89. The summed E-state index contributed by atoms with van der Waals surface area (Å²) in [6, 6.07) is 10.3. The number of nitrogens with zero attached hydrogens (tertiary/aromatic N) is 6. The number of carbonyl (C=O) groups is 1. The first-order valence-electron chi connectivity index (χ1n) is 11.2. The largest absolute Gasteiger partial charge is 0.353 e. The number of carbonyl (C=O) groups excluding carboxylic acids is 1. The van der Waals surface area contributed by atoms with Crippen LogP contribution in [0.4, 0.5) is 11.8 Å². The molecule has 2 saturated heterocycles. The molecule has 0 atom stereocenters. The van der Waals surface area contributed by atoms with Gasteiger partial charge in [-0.1, -0.05) is 18.2 Å². The van der Waals surface area contributed by atoms with Crippen LogP contribution in [-0.2, 0) is 18.3 Å². The Morgan fingerprint density at radius 3 is 2.48 bits per heavy atom. The third-order valence-electron chi connectivity index (χ3n) is 6.50. The van der Waals surface area contributed by atoms with Gasteiger partial charge >= 0.3 is 0 Å². The summed E-state index contributed by atoms with van der Waals surface area (Å²) in [5, 5.41) is 1.17. The first kappa shape index (κ1) is 19.8. The fourth-order valence-electron chi connectivity index (χ4n) is 4.78. The van der Waals surface area contributed by atoms with E-state index in [1.54, 1.807) is 0 Å².